The maximum Gasteiger partial charge on any atom is 0.255 e. The van der Waals surface area contributed by atoms with Crippen molar-refractivity contribution in [1.82, 2.24) is 15.5 Å². The third kappa shape index (κ3) is 4.64. The number of imide groups is 1. The van der Waals surface area contributed by atoms with Gasteiger partial charge < -0.3 is 15.0 Å². The minimum Gasteiger partial charge on any atom is -0.489 e. The summed E-state index contributed by atoms with van der Waals surface area (Å²) in [6, 6.07) is 15.6. The normalized spacial score (nSPS) is 25.0. The van der Waals surface area contributed by atoms with Gasteiger partial charge in [0.05, 0.1) is 0 Å². The highest BCUT2D eigenvalue weighted by molar-refractivity contribution is 6.05. The van der Waals surface area contributed by atoms with E-state index in [9.17, 15) is 14.4 Å². The Hall–Kier alpha value is -3.19. The quantitative estimate of drug-likeness (QED) is 0.665. The summed E-state index contributed by atoms with van der Waals surface area (Å²) < 4.78 is 6.42. The zero-order valence-electron chi connectivity index (χ0n) is 18.6. The predicted octanol–water partition coefficient (Wildman–Crippen LogP) is 2.93. The van der Waals surface area contributed by atoms with Crippen molar-refractivity contribution in [2.45, 2.75) is 69.8 Å². The van der Waals surface area contributed by atoms with Gasteiger partial charge in [-0.05, 0) is 55.0 Å². The minimum atomic E-state index is -0.600. The molecule has 33 heavy (non-hydrogen) atoms. The number of hydrogen-bond acceptors (Lipinski definition) is 5. The van der Waals surface area contributed by atoms with Gasteiger partial charge in [-0.1, -0.05) is 36.8 Å². The smallest absolute Gasteiger partial charge is 0.255 e. The third-order valence-electron chi connectivity index (χ3n) is 6.90. The van der Waals surface area contributed by atoms with Gasteiger partial charge in [-0.2, -0.15) is 0 Å². The molecule has 2 aromatic rings. The first-order valence-electron chi connectivity index (χ1n) is 11.8. The number of carbonyl (C=O) groups is 3. The van der Waals surface area contributed by atoms with Crippen molar-refractivity contribution in [1.29, 1.82) is 0 Å². The zero-order chi connectivity index (χ0) is 22.8. The molecule has 3 atom stereocenters. The lowest BCUT2D eigenvalue weighted by Crippen LogP contribution is -2.52. The summed E-state index contributed by atoms with van der Waals surface area (Å²) in [6.07, 6.45) is 5.08. The topological polar surface area (TPSA) is 87.7 Å². The molecule has 3 aliphatic rings. The second kappa shape index (κ2) is 9.35. The van der Waals surface area contributed by atoms with Gasteiger partial charge in [0.2, 0.25) is 11.8 Å². The zero-order valence-corrected chi connectivity index (χ0v) is 18.6. The van der Waals surface area contributed by atoms with Crippen LogP contribution in [0.3, 0.4) is 0 Å². The van der Waals surface area contributed by atoms with Crippen LogP contribution < -0.4 is 15.4 Å². The van der Waals surface area contributed by atoms with Crippen molar-refractivity contribution in [3.8, 4) is 5.75 Å². The van der Waals surface area contributed by atoms with Gasteiger partial charge in [0.1, 0.15) is 17.9 Å². The van der Waals surface area contributed by atoms with Crippen LogP contribution in [-0.4, -0.2) is 40.8 Å². The van der Waals surface area contributed by atoms with E-state index in [-0.39, 0.29) is 30.4 Å². The van der Waals surface area contributed by atoms with E-state index in [2.05, 4.69) is 34.9 Å². The summed E-state index contributed by atoms with van der Waals surface area (Å²) in [6.45, 7) is 1.17. The maximum absolute atomic E-state index is 12.9. The first kappa shape index (κ1) is 21.6. The van der Waals surface area contributed by atoms with Crippen molar-refractivity contribution in [3.05, 3.63) is 65.2 Å². The molecular weight excluding hydrogens is 418 g/mol. The number of amides is 3. The number of fused-ring (bicyclic) bond motifs is 1. The molecule has 5 rings (SSSR count). The van der Waals surface area contributed by atoms with E-state index in [0.29, 0.717) is 18.5 Å². The number of benzene rings is 2. The second-order valence-corrected chi connectivity index (χ2v) is 9.13. The average molecular weight is 448 g/mol. The van der Waals surface area contributed by atoms with Gasteiger partial charge in [-0.25, -0.2) is 0 Å². The van der Waals surface area contributed by atoms with E-state index in [4.69, 9.17) is 4.74 Å². The van der Waals surface area contributed by atoms with Crippen molar-refractivity contribution in [2.75, 3.05) is 0 Å². The summed E-state index contributed by atoms with van der Waals surface area (Å²) >= 11 is 0. The fourth-order valence-electron chi connectivity index (χ4n) is 5.12. The predicted molar refractivity (Wildman–Crippen MR) is 122 cm³/mol. The van der Waals surface area contributed by atoms with Crippen LogP contribution >= 0.6 is 0 Å². The Balaban J connectivity index is 1.25. The van der Waals surface area contributed by atoms with Gasteiger partial charge in [0, 0.05) is 31.1 Å². The molecule has 2 aliphatic heterocycles. The molecular formula is C26H29N3O4. The molecule has 2 aromatic carbocycles. The number of piperidine rings is 1. The molecule has 2 fully saturated rings. The lowest BCUT2D eigenvalue weighted by Gasteiger charge is -2.33. The highest BCUT2D eigenvalue weighted by Crippen LogP contribution is 2.32. The molecule has 2 N–H and O–H groups in total. The molecule has 7 nitrogen and oxygen atoms in total. The molecule has 3 amide bonds. The first-order chi connectivity index (χ1) is 16.1. The lowest BCUT2D eigenvalue weighted by molar-refractivity contribution is -0.136. The fraction of sp³-hybridized carbons (Fsp3) is 0.423. The number of nitrogens with zero attached hydrogens (tertiary/aromatic N) is 1. The standard InChI is InChI=1S/C26H29N3O4/c30-24-13-12-22(25(31)28-24)29-16-18-14-19(10-11-20(18)26(29)32)33-23-9-5-4-8-21(23)27-15-17-6-2-1-3-7-17/h1-3,6-7,10-11,14,21-23,27H,4-5,8-9,12-13,15-16H2,(H,28,30,31)/t21-,22?,23+/m0/s1. The van der Waals surface area contributed by atoms with Crippen molar-refractivity contribution in [3.63, 3.8) is 0 Å². The SMILES string of the molecule is O=C1CCC(N2Cc3cc(O[C@@H]4CCCC[C@@H]4NCc4ccccc4)ccc3C2=O)C(=O)N1. The highest BCUT2D eigenvalue weighted by atomic mass is 16.5. The first-order valence-corrected chi connectivity index (χ1v) is 11.8. The van der Waals surface area contributed by atoms with Crippen LogP contribution in [0.5, 0.6) is 5.75 Å². The van der Waals surface area contributed by atoms with Crippen LogP contribution in [0.1, 0.15) is 60.0 Å². The molecule has 1 saturated heterocycles. The van der Waals surface area contributed by atoms with Gasteiger partial charge in [0.15, 0.2) is 0 Å². The van der Waals surface area contributed by atoms with E-state index in [0.717, 1.165) is 37.1 Å². The Morgan fingerprint density at radius 3 is 2.64 bits per heavy atom. The average Bonchev–Trinajstić information content (AvgIpc) is 3.14. The highest BCUT2D eigenvalue weighted by Gasteiger charge is 2.39. The number of rotatable bonds is 6. The maximum atomic E-state index is 12.9. The molecule has 172 valence electrons. The largest absolute Gasteiger partial charge is 0.489 e. The van der Waals surface area contributed by atoms with Gasteiger partial charge >= 0.3 is 0 Å². The Morgan fingerprint density at radius 1 is 1.00 bits per heavy atom. The van der Waals surface area contributed by atoms with E-state index >= 15 is 0 Å². The van der Waals surface area contributed by atoms with E-state index < -0.39 is 11.9 Å². The summed E-state index contributed by atoms with van der Waals surface area (Å²) in [7, 11) is 0. The number of carbonyl (C=O) groups excluding carboxylic acids is 3. The van der Waals surface area contributed by atoms with Gasteiger partial charge in [0.25, 0.3) is 5.91 Å². The monoisotopic (exact) mass is 447 g/mol. The van der Waals surface area contributed by atoms with Gasteiger partial charge in [-0.15, -0.1) is 0 Å². The second-order valence-electron chi connectivity index (χ2n) is 9.13. The molecule has 0 aromatic heterocycles. The molecule has 1 unspecified atom stereocenters. The number of hydrogen-bond donors (Lipinski definition) is 2. The molecule has 1 saturated carbocycles. The number of ether oxygens (including phenoxy) is 1. The van der Waals surface area contributed by atoms with Crippen LogP contribution in [0.4, 0.5) is 0 Å². The third-order valence-corrected chi connectivity index (χ3v) is 6.90. The fourth-order valence-corrected chi connectivity index (χ4v) is 5.12. The molecule has 1 aliphatic carbocycles. The molecule has 0 radical (unpaired) electrons. The van der Waals surface area contributed by atoms with Gasteiger partial charge in [-0.3, -0.25) is 19.7 Å². The molecule has 0 spiro atoms. The van der Waals surface area contributed by atoms with Crippen molar-refractivity contribution < 1.29 is 19.1 Å². The van der Waals surface area contributed by atoms with E-state index in [1.54, 1.807) is 11.0 Å². The Bertz CT molecular complexity index is 1050. The van der Waals surface area contributed by atoms with E-state index in [1.165, 1.54) is 12.0 Å². The molecule has 7 heteroatoms. The van der Waals surface area contributed by atoms with E-state index in [1.807, 2.05) is 18.2 Å². The molecule has 2 heterocycles. The Kier molecular flexibility index (Phi) is 6.13. The summed E-state index contributed by atoms with van der Waals surface area (Å²) in [5, 5.41) is 6.01. The summed E-state index contributed by atoms with van der Waals surface area (Å²) in [5.74, 6) is -0.0753. The van der Waals surface area contributed by atoms with Crippen LogP contribution in [0.25, 0.3) is 0 Å². The van der Waals surface area contributed by atoms with Crippen molar-refractivity contribution in [2.24, 2.45) is 0 Å². The molecule has 0 bridgehead atoms. The minimum absolute atomic E-state index is 0.0730. The number of nitrogens with one attached hydrogen (secondary N) is 2. The van der Waals surface area contributed by atoms with Crippen LogP contribution in [0.2, 0.25) is 0 Å². The van der Waals surface area contributed by atoms with Crippen LogP contribution in [-0.2, 0) is 22.7 Å². The summed E-state index contributed by atoms with van der Waals surface area (Å²) in [5.41, 5.74) is 2.73. The Labute approximate surface area is 193 Å². The Morgan fingerprint density at radius 2 is 1.82 bits per heavy atom. The van der Waals surface area contributed by atoms with Crippen LogP contribution in [0.15, 0.2) is 48.5 Å². The summed E-state index contributed by atoms with van der Waals surface area (Å²) in [4.78, 5) is 38.2. The van der Waals surface area contributed by atoms with Crippen molar-refractivity contribution >= 4 is 17.7 Å². The lowest BCUT2D eigenvalue weighted by atomic mass is 9.92. The van der Waals surface area contributed by atoms with Crippen LogP contribution in [0, 0.1) is 0 Å².